The fourth-order valence-corrected chi connectivity index (χ4v) is 3.90. The van der Waals surface area contributed by atoms with E-state index in [-0.39, 0.29) is 17.1 Å². The summed E-state index contributed by atoms with van der Waals surface area (Å²) in [7, 11) is 1.70. The lowest BCUT2D eigenvalue weighted by Gasteiger charge is -2.07. The fourth-order valence-electron chi connectivity index (χ4n) is 3.90. The molecule has 2 N–H and O–H groups in total. The minimum absolute atomic E-state index is 0.216. The molecule has 0 fully saturated rings. The summed E-state index contributed by atoms with van der Waals surface area (Å²) in [6.07, 6.45) is 2.80. The standard InChI is InChI=1S/C23H21FN8O/c1-13-4-5-14(2)15(8-13)10-31-12-28-32(23(31)33)16-6-7-17(18(24)9-16)20-19-21(25)26-11-27-22(19)30(3)29-20/h4-9,11-12H,10H2,1-3H3,(H2,25,26,27). The molecule has 0 bridgehead atoms. The van der Waals surface area contributed by atoms with E-state index < -0.39 is 5.82 Å². The fraction of sp³-hybridized carbons (Fsp3) is 0.174. The Bertz CT molecular complexity index is 1580. The van der Waals surface area contributed by atoms with Crippen LogP contribution in [0.3, 0.4) is 0 Å². The largest absolute Gasteiger partial charge is 0.383 e. The Kier molecular flexibility index (Phi) is 4.77. The Morgan fingerprint density at radius 3 is 2.70 bits per heavy atom. The number of rotatable bonds is 4. The van der Waals surface area contributed by atoms with E-state index in [4.69, 9.17) is 5.73 Å². The molecule has 5 aromatic rings. The van der Waals surface area contributed by atoms with Crippen LogP contribution in [-0.2, 0) is 13.6 Å². The molecule has 33 heavy (non-hydrogen) atoms. The van der Waals surface area contributed by atoms with Crippen LogP contribution in [0.4, 0.5) is 10.2 Å². The molecule has 10 heteroatoms. The van der Waals surface area contributed by atoms with E-state index >= 15 is 4.39 Å². The second-order valence-electron chi connectivity index (χ2n) is 7.98. The molecule has 0 saturated carbocycles. The smallest absolute Gasteiger partial charge is 0.350 e. The SMILES string of the molecule is Cc1ccc(C)c(Cn2cnn(-c3ccc(-c4nn(C)c5ncnc(N)c45)c(F)c3)c2=O)c1. The molecule has 3 heterocycles. The van der Waals surface area contributed by atoms with Gasteiger partial charge in [0.05, 0.1) is 17.6 Å². The summed E-state index contributed by atoms with van der Waals surface area (Å²) in [4.78, 5) is 21.1. The zero-order chi connectivity index (χ0) is 23.3. The summed E-state index contributed by atoms with van der Waals surface area (Å²) in [5.41, 5.74) is 10.2. The van der Waals surface area contributed by atoms with Crippen molar-refractivity contribution in [3.8, 4) is 16.9 Å². The van der Waals surface area contributed by atoms with E-state index in [1.165, 1.54) is 32.7 Å². The summed E-state index contributed by atoms with van der Waals surface area (Å²) in [6, 6.07) is 10.5. The Morgan fingerprint density at radius 2 is 1.91 bits per heavy atom. The molecule has 0 amide bonds. The van der Waals surface area contributed by atoms with Crippen molar-refractivity contribution in [3.05, 3.63) is 82.0 Å². The highest BCUT2D eigenvalue weighted by atomic mass is 19.1. The molecule has 0 saturated heterocycles. The van der Waals surface area contributed by atoms with Gasteiger partial charge >= 0.3 is 5.69 Å². The van der Waals surface area contributed by atoms with E-state index in [2.05, 4.69) is 20.2 Å². The minimum Gasteiger partial charge on any atom is -0.383 e. The van der Waals surface area contributed by atoms with Crippen molar-refractivity contribution in [2.24, 2.45) is 7.05 Å². The Hall–Kier alpha value is -4.34. The summed E-state index contributed by atoms with van der Waals surface area (Å²) >= 11 is 0. The number of benzene rings is 2. The van der Waals surface area contributed by atoms with Gasteiger partial charge in [0.15, 0.2) is 5.65 Å². The van der Waals surface area contributed by atoms with E-state index in [0.29, 0.717) is 29.0 Å². The number of aryl methyl sites for hydroxylation is 3. The molecule has 0 radical (unpaired) electrons. The summed E-state index contributed by atoms with van der Waals surface area (Å²) in [6.45, 7) is 4.38. The van der Waals surface area contributed by atoms with Gasteiger partial charge in [-0.15, -0.1) is 0 Å². The van der Waals surface area contributed by atoms with Gasteiger partial charge in [0.2, 0.25) is 0 Å². The number of anilines is 1. The van der Waals surface area contributed by atoms with Gasteiger partial charge in [-0.1, -0.05) is 23.8 Å². The first kappa shape index (κ1) is 20.6. The van der Waals surface area contributed by atoms with Gasteiger partial charge in [0.1, 0.15) is 30.0 Å². The Labute approximate surface area is 187 Å². The number of nitrogens with two attached hydrogens (primary N) is 1. The van der Waals surface area contributed by atoms with Crippen LogP contribution in [-0.4, -0.2) is 34.1 Å². The normalized spacial score (nSPS) is 11.4. The first-order chi connectivity index (χ1) is 15.8. The van der Waals surface area contributed by atoms with Crippen molar-refractivity contribution in [2.75, 3.05) is 5.73 Å². The quantitative estimate of drug-likeness (QED) is 0.457. The van der Waals surface area contributed by atoms with Crippen LogP contribution in [0.15, 0.2) is 53.8 Å². The van der Waals surface area contributed by atoms with Crippen molar-refractivity contribution in [1.82, 2.24) is 34.1 Å². The van der Waals surface area contributed by atoms with Gasteiger partial charge in [-0.3, -0.25) is 4.57 Å². The third-order valence-electron chi connectivity index (χ3n) is 5.68. The maximum atomic E-state index is 15.2. The summed E-state index contributed by atoms with van der Waals surface area (Å²) in [5, 5.41) is 9.03. The molecule has 0 spiro atoms. The van der Waals surface area contributed by atoms with E-state index in [9.17, 15) is 4.79 Å². The van der Waals surface area contributed by atoms with E-state index in [0.717, 1.165) is 16.7 Å². The predicted molar refractivity (Wildman–Crippen MR) is 123 cm³/mol. The van der Waals surface area contributed by atoms with Gasteiger partial charge in [0, 0.05) is 18.7 Å². The first-order valence-electron chi connectivity index (χ1n) is 10.3. The average molecular weight is 444 g/mol. The van der Waals surface area contributed by atoms with Gasteiger partial charge in [-0.05, 0) is 37.1 Å². The van der Waals surface area contributed by atoms with E-state index in [1.807, 2.05) is 32.0 Å². The highest BCUT2D eigenvalue weighted by Crippen LogP contribution is 2.31. The lowest BCUT2D eigenvalue weighted by molar-refractivity contribution is 0.626. The molecule has 0 aliphatic heterocycles. The molecule has 9 nitrogen and oxygen atoms in total. The third kappa shape index (κ3) is 3.45. The van der Waals surface area contributed by atoms with Gasteiger partial charge < -0.3 is 5.73 Å². The number of fused-ring (bicyclic) bond motifs is 1. The van der Waals surface area contributed by atoms with Crippen LogP contribution < -0.4 is 11.4 Å². The van der Waals surface area contributed by atoms with Crippen molar-refractivity contribution in [1.29, 1.82) is 0 Å². The second kappa shape index (κ2) is 7.66. The highest BCUT2D eigenvalue weighted by molar-refractivity contribution is 5.98. The summed E-state index contributed by atoms with van der Waals surface area (Å²) < 4.78 is 19.4. The van der Waals surface area contributed by atoms with Crippen LogP contribution in [0.25, 0.3) is 28.0 Å². The molecule has 0 atom stereocenters. The second-order valence-corrected chi connectivity index (χ2v) is 7.98. The van der Waals surface area contributed by atoms with Gasteiger partial charge in [-0.25, -0.2) is 23.8 Å². The van der Waals surface area contributed by atoms with Gasteiger partial charge in [-0.2, -0.15) is 14.9 Å². The molecular formula is C23H21FN8O. The molecule has 0 aliphatic rings. The topological polar surface area (TPSA) is 109 Å². The van der Waals surface area contributed by atoms with Crippen LogP contribution in [0.1, 0.15) is 16.7 Å². The maximum absolute atomic E-state index is 15.2. The van der Waals surface area contributed by atoms with E-state index in [1.54, 1.807) is 19.2 Å². The minimum atomic E-state index is -0.563. The first-order valence-corrected chi connectivity index (χ1v) is 10.3. The Morgan fingerprint density at radius 1 is 1.09 bits per heavy atom. The molecular weight excluding hydrogens is 423 g/mol. The van der Waals surface area contributed by atoms with Crippen LogP contribution in [0, 0.1) is 19.7 Å². The zero-order valence-corrected chi connectivity index (χ0v) is 18.3. The number of halogens is 1. The van der Waals surface area contributed by atoms with Crippen molar-refractivity contribution in [2.45, 2.75) is 20.4 Å². The zero-order valence-electron chi connectivity index (χ0n) is 18.3. The van der Waals surface area contributed by atoms with Crippen molar-refractivity contribution < 1.29 is 4.39 Å². The third-order valence-corrected chi connectivity index (χ3v) is 5.68. The maximum Gasteiger partial charge on any atom is 0.350 e. The lowest BCUT2D eigenvalue weighted by Crippen LogP contribution is -2.24. The molecule has 0 unspecified atom stereocenters. The van der Waals surface area contributed by atoms with Gasteiger partial charge in [0.25, 0.3) is 0 Å². The number of nitrogens with zero attached hydrogens (tertiary/aromatic N) is 7. The highest BCUT2D eigenvalue weighted by Gasteiger charge is 2.19. The average Bonchev–Trinajstić information content (AvgIpc) is 3.31. The number of hydrogen-bond acceptors (Lipinski definition) is 6. The summed E-state index contributed by atoms with van der Waals surface area (Å²) in [5.74, 6) is -0.347. The molecule has 2 aromatic carbocycles. The predicted octanol–water partition coefficient (Wildman–Crippen LogP) is 2.76. The lowest BCUT2D eigenvalue weighted by atomic mass is 10.1. The van der Waals surface area contributed by atoms with Crippen LogP contribution in [0.2, 0.25) is 0 Å². The molecule has 5 rings (SSSR count). The van der Waals surface area contributed by atoms with Crippen LogP contribution in [0.5, 0.6) is 0 Å². The van der Waals surface area contributed by atoms with Crippen molar-refractivity contribution >= 4 is 16.9 Å². The number of hydrogen-bond donors (Lipinski definition) is 1. The Balaban J connectivity index is 1.53. The molecule has 0 aliphatic carbocycles. The monoisotopic (exact) mass is 444 g/mol. The molecule has 3 aromatic heterocycles. The molecule has 166 valence electrons. The van der Waals surface area contributed by atoms with Crippen molar-refractivity contribution in [3.63, 3.8) is 0 Å². The number of nitrogen functional groups attached to an aromatic ring is 1. The number of aromatic nitrogens is 7. The van der Waals surface area contributed by atoms with Crippen LogP contribution >= 0.6 is 0 Å².